The van der Waals surface area contributed by atoms with Crippen LogP contribution in [0.4, 0.5) is 0 Å². The van der Waals surface area contributed by atoms with E-state index in [-0.39, 0.29) is 0 Å². The first-order chi connectivity index (χ1) is 9.66. The normalized spacial score (nSPS) is 12.6. The molecule has 0 aliphatic rings. The third kappa shape index (κ3) is 2.49. The van der Waals surface area contributed by atoms with Crippen LogP contribution < -0.4 is 0 Å². The second-order valence-electron chi connectivity index (χ2n) is 4.37. The Kier molecular flexibility index (Phi) is 3.83. The Morgan fingerprint density at radius 1 is 1.10 bits per heavy atom. The third-order valence-electron chi connectivity index (χ3n) is 3.11. The molecule has 100 valence electrons. The molecule has 3 nitrogen and oxygen atoms in total. The molecular weight excluding hydrogens is 384 g/mol. The van der Waals surface area contributed by atoms with Crippen LogP contribution in [0.2, 0.25) is 0 Å². The van der Waals surface area contributed by atoms with Crippen molar-refractivity contribution in [3.63, 3.8) is 0 Å². The number of aliphatic hydroxyl groups excluding tert-OH is 1. The van der Waals surface area contributed by atoms with Gasteiger partial charge in [-0.1, -0.05) is 18.2 Å². The van der Waals surface area contributed by atoms with Gasteiger partial charge in [0.05, 0.1) is 5.69 Å². The molecule has 3 rings (SSSR count). The summed E-state index contributed by atoms with van der Waals surface area (Å²) in [6, 6.07) is 9.61. The lowest BCUT2D eigenvalue weighted by atomic mass is 10.00. The van der Waals surface area contributed by atoms with E-state index in [1.807, 2.05) is 30.3 Å². The zero-order valence-electron chi connectivity index (χ0n) is 10.3. The standard InChI is InChI=1S/C15H10Br2N2O/c16-10-6-13(17)14(19-7-10)15(20)11-3-1-2-9-4-5-18-8-12(9)11/h1-8,15,20H. The predicted molar refractivity (Wildman–Crippen MR) is 85.4 cm³/mol. The number of aromatic nitrogens is 2. The van der Waals surface area contributed by atoms with Gasteiger partial charge in [0.15, 0.2) is 0 Å². The molecule has 0 aliphatic heterocycles. The number of rotatable bonds is 2. The van der Waals surface area contributed by atoms with Gasteiger partial charge >= 0.3 is 0 Å². The van der Waals surface area contributed by atoms with E-state index in [1.165, 1.54) is 0 Å². The highest BCUT2D eigenvalue weighted by atomic mass is 79.9. The minimum Gasteiger partial charge on any atom is -0.382 e. The van der Waals surface area contributed by atoms with Gasteiger partial charge in [0, 0.05) is 32.9 Å². The maximum atomic E-state index is 10.6. The third-order valence-corrected chi connectivity index (χ3v) is 4.18. The molecule has 0 aliphatic carbocycles. The first kappa shape index (κ1) is 13.7. The zero-order valence-corrected chi connectivity index (χ0v) is 13.5. The second kappa shape index (κ2) is 5.60. The van der Waals surface area contributed by atoms with Crippen molar-refractivity contribution in [2.24, 2.45) is 0 Å². The van der Waals surface area contributed by atoms with Crippen molar-refractivity contribution in [3.05, 3.63) is 69.1 Å². The smallest absolute Gasteiger partial charge is 0.123 e. The van der Waals surface area contributed by atoms with Crippen molar-refractivity contribution in [3.8, 4) is 0 Å². The Labute approximate surface area is 133 Å². The number of halogens is 2. The largest absolute Gasteiger partial charge is 0.382 e. The molecule has 20 heavy (non-hydrogen) atoms. The Hall–Kier alpha value is -1.30. The first-order valence-electron chi connectivity index (χ1n) is 5.98. The summed E-state index contributed by atoms with van der Waals surface area (Å²) >= 11 is 6.80. The van der Waals surface area contributed by atoms with Crippen molar-refractivity contribution in [1.29, 1.82) is 0 Å². The summed E-state index contributed by atoms with van der Waals surface area (Å²) in [6.45, 7) is 0. The van der Waals surface area contributed by atoms with E-state index in [9.17, 15) is 5.11 Å². The highest BCUT2D eigenvalue weighted by molar-refractivity contribution is 9.11. The predicted octanol–water partition coefficient (Wildman–Crippen LogP) is 4.24. The van der Waals surface area contributed by atoms with Gasteiger partial charge in [0.2, 0.25) is 0 Å². The number of hydrogen-bond donors (Lipinski definition) is 1. The van der Waals surface area contributed by atoms with Crippen LogP contribution in [0.15, 0.2) is 57.9 Å². The number of hydrogen-bond acceptors (Lipinski definition) is 3. The maximum absolute atomic E-state index is 10.6. The molecule has 0 radical (unpaired) electrons. The molecule has 1 atom stereocenters. The molecule has 2 aromatic heterocycles. The summed E-state index contributed by atoms with van der Waals surface area (Å²) in [5, 5.41) is 12.6. The minimum atomic E-state index is -0.801. The molecule has 1 unspecified atom stereocenters. The van der Waals surface area contributed by atoms with Crippen LogP contribution >= 0.6 is 31.9 Å². The SMILES string of the molecule is OC(c1ncc(Br)cc1Br)c1cccc2ccncc12. The summed E-state index contributed by atoms with van der Waals surface area (Å²) in [5.41, 5.74) is 1.38. The Morgan fingerprint density at radius 2 is 1.95 bits per heavy atom. The fourth-order valence-electron chi connectivity index (χ4n) is 2.15. The summed E-state index contributed by atoms with van der Waals surface area (Å²) in [6.07, 6.45) is 4.38. The van der Waals surface area contributed by atoms with Crippen LogP contribution in [0, 0.1) is 0 Å². The Bertz CT molecular complexity index is 771. The van der Waals surface area contributed by atoms with E-state index in [2.05, 4.69) is 41.8 Å². The van der Waals surface area contributed by atoms with Crippen molar-refractivity contribution in [2.45, 2.75) is 6.10 Å². The molecule has 0 spiro atoms. The summed E-state index contributed by atoms with van der Waals surface area (Å²) in [5.74, 6) is 0. The van der Waals surface area contributed by atoms with Gasteiger partial charge in [-0.05, 0) is 54.9 Å². The van der Waals surface area contributed by atoms with E-state index >= 15 is 0 Å². The lowest BCUT2D eigenvalue weighted by molar-refractivity contribution is 0.216. The van der Waals surface area contributed by atoms with Gasteiger partial charge < -0.3 is 5.11 Å². The highest BCUT2D eigenvalue weighted by Gasteiger charge is 2.17. The lowest BCUT2D eigenvalue weighted by Crippen LogP contribution is -2.04. The number of pyridine rings is 2. The second-order valence-corrected chi connectivity index (χ2v) is 6.14. The Morgan fingerprint density at radius 3 is 2.75 bits per heavy atom. The van der Waals surface area contributed by atoms with Crippen LogP contribution in [-0.4, -0.2) is 15.1 Å². The lowest BCUT2D eigenvalue weighted by Gasteiger charge is -2.14. The molecule has 1 N–H and O–H groups in total. The molecule has 0 saturated carbocycles. The van der Waals surface area contributed by atoms with E-state index < -0.39 is 6.10 Å². The zero-order chi connectivity index (χ0) is 14.1. The Balaban J connectivity index is 2.15. The molecule has 2 heterocycles. The number of nitrogens with zero attached hydrogens (tertiary/aromatic N) is 2. The van der Waals surface area contributed by atoms with Crippen LogP contribution in [0.5, 0.6) is 0 Å². The monoisotopic (exact) mass is 392 g/mol. The average Bonchev–Trinajstić information content (AvgIpc) is 2.46. The molecule has 0 fully saturated rings. The number of benzene rings is 1. The average molecular weight is 394 g/mol. The van der Waals surface area contributed by atoms with Gasteiger partial charge in [-0.15, -0.1) is 0 Å². The first-order valence-corrected chi connectivity index (χ1v) is 7.57. The molecule has 0 saturated heterocycles. The van der Waals surface area contributed by atoms with Crippen molar-refractivity contribution in [2.75, 3.05) is 0 Å². The summed E-state index contributed by atoms with van der Waals surface area (Å²) in [4.78, 5) is 8.43. The number of aliphatic hydroxyl groups is 1. The van der Waals surface area contributed by atoms with Crippen molar-refractivity contribution < 1.29 is 5.11 Å². The van der Waals surface area contributed by atoms with Crippen LogP contribution in [0.3, 0.4) is 0 Å². The van der Waals surface area contributed by atoms with E-state index in [1.54, 1.807) is 18.6 Å². The molecule has 0 bridgehead atoms. The molecule has 5 heteroatoms. The van der Waals surface area contributed by atoms with E-state index in [0.29, 0.717) is 5.69 Å². The molecule has 0 amide bonds. The molecular formula is C15H10Br2N2O. The fraction of sp³-hybridized carbons (Fsp3) is 0.0667. The van der Waals surface area contributed by atoms with Crippen LogP contribution in [0.25, 0.3) is 10.8 Å². The van der Waals surface area contributed by atoms with Gasteiger partial charge in [-0.3, -0.25) is 9.97 Å². The highest BCUT2D eigenvalue weighted by Crippen LogP contribution is 2.32. The van der Waals surface area contributed by atoms with Gasteiger partial charge in [-0.2, -0.15) is 0 Å². The van der Waals surface area contributed by atoms with Gasteiger partial charge in [0.1, 0.15) is 6.10 Å². The molecule has 1 aromatic carbocycles. The summed E-state index contributed by atoms with van der Waals surface area (Å²) < 4.78 is 1.63. The van der Waals surface area contributed by atoms with Crippen molar-refractivity contribution in [1.82, 2.24) is 9.97 Å². The van der Waals surface area contributed by atoms with Gasteiger partial charge in [0.25, 0.3) is 0 Å². The minimum absolute atomic E-state index is 0.588. The molecule has 3 aromatic rings. The quantitative estimate of drug-likeness (QED) is 0.708. The topological polar surface area (TPSA) is 46.0 Å². The van der Waals surface area contributed by atoms with Crippen LogP contribution in [-0.2, 0) is 0 Å². The summed E-state index contributed by atoms with van der Waals surface area (Å²) in [7, 11) is 0. The van der Waals surface area contributed by atoms with E-state index in [0.717, 1.165) is 25.3 Å². The van der Waals surface area contributed by atoms with Crippen molar-refractivity contribution >= 4 is 42.6 Å². The van der Waals surface area contributed by atoms with E-state index in [4.69, 9.17) is 0 Å². The van der Waals surface area contributed by atoms with Crippen LogP contribution in [0.1, 0.15) is 17.4 Å². The van der Waals surface area contributed by atoms with Gasteiger partial charge in [-0.25, -0.2) is 0 Å². The maximum Gasteiger partial charge on any atom is 0.123 e. The number of fused-ring (bicyclic) bond motifs is 1. The fourth-order valence-corrected chi connectivity index (χ4v) is 3.35.